The maximum absolute atomic E-state index is 12.2. The number of nitrogens with zero attached hydrogens (tertiary/aromatic N) is 1. The van der Waals surface area contributed by atoms with Crippen LogP contribution in [-0.2, 0) is 11.3 Å². The van der Waals surface area contributed by atoms with E-state index in [9.17, 15) is 4.79 Å². The Labute approximate surface area is 152 Å². The smallest absolute Gasteiger partial charge is 0.410 e. The lowest BCUT2D eigenvalue weighted by Crippen LogP contribution is -2.38. The van der Waals surface area contributed by atoms with Gasteiger partial charge in [-0.15, -0.1) is 0 Å². The van der Waals surface area contributed by atoms with Gasteiger partial charge in [0.2, 0.25) is 0 Å². The standard InChI is InChI=1S/C22H33NO2/c1-18-6-5-9-20(16-18)11-10-19-12-14-23(15-13-19)22(24)25-17-21-7-3-2-4-8-21/h2-4,7-8,18-20H,5-6,9-17H2,1H3/t18-,20-/m1/s1. The summed E-state index contributed by atoms with van der Waals surface area (Å²) in [5.74, 6) is 2.69. The molecule has 1 aromatic rings. The van der Waals surface area contributed by atoms with Crippen LogP contribution in [0.15, 0.2) is 30.3 Å². The molecule has 25 heavy (non-hydrogen) atoms. The zero-order valence-electron chi connectivity index (χ0n) is 15.7. The molecule has 1 amide bonds. The minimum Gasteiger partial charge on any atom is -0.445 e. The Morgan fingerprint density at radius 2 is 1.76 bits per heavy atom. The summed E-state index contributed by atoms with van der Waals surface area (Å²) in [6, 6.07) is 9.91. The molecule has 1 aromatic carbocycles. The largest absolute Gasteiger partial charge is 0.445 e. The topological polar surface area (TPSA) is 29.5 Å². The van der Waals surface area contributed by atoms with Crippen LogP contribution in [-0.4, -0.2) is 24.1 Å². The molecule has 0 bridgehead atoms. The zero-order chi connectivity index (χ0) is 17.5. The molecule has 3 rings (SSSR count). The number of hydrogen-bond donors (Lipinski definition) is 0. The van der Waals surface area contributed by atoms with Crippen LogP contribution in [0.4, 0.5) is 4.79 Å². The molecule has 1 saturated heterocycles. The second kappa shape index (κ2) is 9.26. The van der Waals surface area contributed by atoms with Crippen LogP contribution in [0.3, 0.4) is 0 Å². The third-order valence-corrected chi connectivity index (χ3v) is 6.11. The SMILES string of the molecule is C[C@@H]1CCC[C@H](CCC2CCN(C(=O)OCc3ccccc3)CC2)C1. The molecule has 138 valence electrons. The van der Waals surface area contributed by atoms with Gasteiger partial charge in [-0.25, -0.2) is 4.79 Å². The second-order valence-corrected chi connectivity index (χ2v) is 8.19. The highest BCUT2D eigenvalue weighted by Crippen LogP contribution is 2.34. The second-order valence-electron chi connectivity index (χ2n) is 8.19. The highest BCUT2D eigenvalue weighted by molar-refractivity contribution is 5.67. The van der Waals surface area contributed by atoms with Gasteiger partial charge < -0.3 is 9.64 Å². The van der Waals surface area contributed by atoms with Gasteiger partial charge >= 0.3 is 6.09 Å². The van der Waals surface area contributed by atoms with Crippen molar-refractivity contribution in [3.05, 3.63) is 35.9 Å². The van der Waals surface area contributed by atoms with Crippen molar-refractivity contribution in [3.63, 3.8) is 0 Å². The first kappa shape index (κ1) is 18.3. The van der Waals surface area contributed by atoms with Crippen LogP contribution >= 0.6 is 0 Å². The van der Waals surface area contributed by atoms with E-state index in [0.29, 0.717) is 6.61 Å². The molecule has 0 aromatic heterocycles. The van der Waals surface area contributed by atoms with Crippen molar-refractivity contribution in [3.8, 4) is 0 Å². The molecule has 1 heterocycles. The van der Waals surface area contributed by atoms with Gasteiger partial charge in [-0.05, 0) is 42.6 Å². The van der Waals surface area contributed by atoms with Crippen molar-refractivity contribution in [1.82, 2.24) is 4.90 Å². The summed E-state index contributed by atoms with van der Waals surface area (Å²) in [5, 5.41) is 0. The minimum absolute atomic E-state index is 0.150. The van der Waals surface area contributed by atoms with Crippen LogP contribution in [0, 0.1) is 17.8 Å². The van der Waals surface area contributed by atoms with Gasteiger partial charge in [0, 0.05) is 13.1 Å². The highest BCUT2D eigenvalue weighted by Gasteiger charge is 2.25. The molecule has 3 nitrogen and oxygen atoms in total. The molecule has 1 aliphatic carbocycles. The molecular formula is C22H33NO2. The summed E-state index contributed by atoms with van der Waals surface area (Å²) in [6.45, 7) is 4.50. The van der Waals surface area contributed by atoms with E-state index < -0.39 is 0 Å². The van der Waals surface area contributed by atoms with Crippen molar-refractivity contribution in [2.24, 2.45) is 17.8 Å². The van der Waals surface area contributed by atoms with Gasteiger partial charge in [-0.2, -0.15) is 0 Å². The number of likely N-dealkylation sites (tertiary alicyclic amines) is 1. The van der Waals surface area contributed by atoms with Crippen LogP contribution < -0.4 is 0 Å². The summed E-state index contributed by atoms with van der Waals surface area (Å²) in [5.41, 5.74) is 1.05. The average Bonchev–Trinajstić information content (AvgIpc) is 2.66. The number of hydrogen-bond acceptors (Lipinski definition) is 2. The van der Waals surface area contributed by atoms with E-state index in [0.717, 1.165) is 49.2 Å². The van der Waals surface area contributed by atoms with E-state index in [4.69, 9.17) is 4.74 Å². The van der Waals surface area contributed by atoms with Crippen LogP contribution in [0.1, 0.15) is 63.9 Å². The molecule has 0 spiro atoms. The first-order chi connectivity index (χ1) is 12.2. The number of amides is 1. The van der Waals surface area contributed by atoms with Gasteiger partial charge in [0.25, 0.3) is 0 Å². The van der Waals surface area contributed by atoms with E-state index in [1.807, 2.05) is 35.2 Å². The fourth-order valence-corrected chi connectivity index (χ4v) is 4.51. The molecule has 0 radical (unpaired) electrons. The predicted octanol–water partition coefficient (Wildman–Crippen LogP) is 5.64. The lowest BCUT2D eigenvalue weighted by atomic mass is 9.78. The van der Waals surface area contributed by atoms with Gasteiger partial charge in [0.05, 0.1) is 0 Å². The predicted molar refractivity (Wildman–Crippen MR) is 101 cm³/mol. The van der Waals surface area contributed by atoms with Crippen molar-refractivity contribution >= 4 is 6.09 Å². The van der Waals surface area contributed by atoms with Gasteiger partial charge in [-0.1, -0.05) is 69.4 Å². The Bertz CT molecular complexity index is 522. The van der Waals surface area contributed by atoms with Crippen molar-refractivity contribution in [1.29, 1.82) is 0 Å². The van der Waals surface area contributed by atoms with Gasteiger partial charge in [0.15, 0.2) is 0 Å². The van der Waals surface area contributed by atoms with Crippen molar-refractivity contribution in [2.75, 3.05) is 13.1 Å². The Balaban J connectivity index is 1.33. The summed E-state index contributed by atoms with van der Waals surface area (Å²) >= 11 is 0. The van der Waals surface area contributed by atoms with E-state index in [1.54, 1.807) is 0 Å². The van der Waals surface area contributed by atoms with Crippen LogP contribution in [0.5, 0.6) is 0 Å². The Hall–Kier alpha value is -1.51. The summed E-state index contributed by atoms with van der Waals surface area (Å²) < 4.78 is 5.46. The number of rotatable bonds is 5. The fourth-order valence-electron chi connectivity index (χ4n) is 4.51. The van der Waals surface area contributed by atoms with E-state index in [2.05, 4.69) is 6.92 Å². The van der Waals surface area contributed by atoms with Crippen LogP contribution in [0.2, 0.25) is 0 Å². The molecule has 1 aliphatic heterocycles. The van der Waals surface area contributed by atoms with Gasteiger partial charge in [0.1, 0.15) is 6.61 Å². The molecular weight excluding hydrogens is 310 g/mol. The molecule has 0 N–H and O–H groups in total. The zero-order valence-corrected chi connectivity index (χ0v) is 15.7. The Morgan fingerprint density at radius 3 is 2.48 bits per heavy atom. The Morgan fingerprint density at radius 1 is 1.04 bits per heavy atom. The maximum atomic E-state index is 12.2. The minimum atomic E-state index is -0.150. The van der Waals surface area contributed by atoms with E-state index >= 15 is 0 Å². The molecule has 2 aliphatic rings. The molecule has 1 saturated carbocycles. The highest BCUT2D eigenvalue weighted by atomic mass is 16.6. The number of piperidine rings is 1. The molecule has 3 heteroatoms. The normalized spacial score (nSPS) is 24.9. The van der Waals surface area contributed by atoms with Crippen LogP contribution in [0.25, 0.3) is 0 Å². The average molecular weight is 344 g/mol. The fraction of sp³-hybridized carbons (Fsp3) is 0.682. The molecule has 2 atom stereocenters. The maximum Gasteiger partial charge on any atom is 0.410 e. The lowest BCUT2D eigenvalue weighted by molar-refractivity contribution is 0.0804. The number of carbonyl (C=O) groups excluding carboxylic acids is 1. The number of ether oxygens (including phenoxy) is 1. The summed E-state index contributed by atoms with van der Waals surface area (Å²) in [7, 11) is 0. The third kappa shape index (κ3) is 5.76. The first-order valence-electron chi connectivity index (χ1n) is 10.2. The summed E-state index contributed by atoms with van der Waals surface area (Å²) in [6.07, 6.45) is 10.6. The number of carbonyl (C=O) groups is 1. The summed E-state index contributed by atoms with van der Waals surface area (Å²) in [4.78, 5) is 14.1. The van der Waals surface area contributed by atoms with Gasteiger partial charge in [-0.3, -0.25) is 0 Å². The van der Waals surface area contributed by atoms with E-state index in [1.165, 1.54) is 38.5 Å². The number of benzene rings is 1. The Kier molecular flexibility index (Phi) is 6.77. The molecule has 2 fully saturated rings. The quantitative estimate of drug-likeness (QED) is 0.692. The first-order valence-corrected chi connectivity index (χ1v) is 10.2. The molecule has 0 unspecified atom stereocenters. The van der Waals surface area contributed by atoms with Crippen molar-refractivity contribution in [2.45, 2.75) is 64.9 Å². The van der Waals surface area contributed by atoms with E-state index in [-0.39, 0.29) is 6.09 Å². The monoisotopic (exact) mass is 343 g/mol. The third-order valence-electron chi connectivity index (χ3n) is 6.11. The lowest BCUT2D eigenvalue weighted by Gasteiger charge is -2.33. The van der Waals surface area contributed by atoms with Crippen molar-refractivity contribution < 1.29 is 9.53 Å².